The molecule has 0 radical (unpaired) electrons. The summed E-state index contributed by atoms with van der Waals surface area (Å²) in [6.45, 7) is 7.37. The van der Waals surface area contributed by atoms with Gasteiger partial charge in [-0.1, -0.05) is 6.08 Å². The Bertz CT molecular complexity index is 493. The third kappa shape index (κ3) is 2.91. The highest BCUT2D eigenvalue weighted by Gasteiger charge is 2.44. The van der Waals surface area contributed by atoms with Crippen LogP contribution in [0.2, 0.25) is 0 Å². The summed E-state index contributed by atoms with van der Waals surface area (Å²) in [5.41, 5.74) is 0.00830. The highest BCUT2D eigenvalue weighted by molar-refractivity contribution is 5.78. The minimum absolute atomic E-state index is 0.00830. The topological polar surface area (TPSA) is 36.7 Å². The molecule has 3 rings (SSSR count). The van der Waals surface area contributed by atoms with Crippen LogP contribution in [0, 0.1) is 0 Å². The van der Waals surface area contributed by atoms with Gasteiger partial charge < -0.3 is 9.32 Å². The summed E-state index contributed by atoms with van der Waals surface area (Å²) in [6.07, 6.45) is 8.65. The molecular formula is C17H24N2O2. The Morgan fingerprint density at radius 1 is 1.38 bits per heavy atom. The van der Waals surface area contributed by atoms with E-state index in [9.17, 15) is 4.79 Å². The first-order valence-electron chi connectivity index (χ1n) is 7.90. The Hall–Kier alpha value is -1.55. The molecule has 0 aliphatic carbocycles. The van der Waals surface area contributed by atoms with E-state index in [1.807, 2.05) is 18.2 Å². The lowest BCUT2D eigenvalue weighted by atomic mass is 9.79. The zero-order chi connectivity index (χ0) is 14.7. The standard InChI is InChI=1S/C17H24N2O2/c1-2-10-19-16(20)7-3-8-17(19)9-5-11-18(14-17)13-15-6-4-12-21-15/h2,4,6,12H,1,3,5,7-11,13-14H2. The average Bonchev–Trinajstić information content (AvgIpc) is 2.96. The van der Waals surface area contributed by atoms with Crippen LogP contribution in [-0.4, -0.2) is 40.9 Å². The summed E-state index contributed by atoms with van der Waals surface area (Å²) in [5.74, 6) is 1.30. The molecule has 2 saturated heterocycles. The Labute approximate surface area is 126 Å². The van der Waals surface area contributed by atoms with Gasteiger partial charge >= 0.3 is 0 Å². The quantitative estimate of drug-likeness (QED) is 0.799. The normalized spacial score (nSPS) is 27.2. The molecule has 4 nitrogen and oxygen atoms in total. The van der Waals surface area contributed by atoms with Crippen molar-refractivity contribution in [3.8, 4) is 0 Å². The fourth-order valence-corrected chi connectivity index (χ4v) is 3.92. The number of amides is 1. The van der Waals surface area contributed by atoms with Crippen LogP contribution in [0.15, 0.2) is 35.5 Å². The second-order valence-electron chi connectivity index (χ2n) is 6.26. The lowest BCUT2D eigenvalue weighted by molar-refractivity contribution is -0.144. The van der Waals surface area contributed by atoms with E-state index in [2.05, 4.69) is 16.4 Å². The van der Waals surface area contributed by atoms with E-state index < -0.39 is 0 Å². The van der Waals surface area contributed by atoms with E-state index in [4.69, 9.17) is 4.42 Å². The summed E-state index contributed by atoms with van der Waals surface area (Å²) in [5, 5.41) is 0. The highest BCUT2D eigenvalue weighted by Crippen LogP contribution is 2.37. The monoisotopic (exact) mass is 288 g/mol. The maximum Gasteiger partial charge on any atom is 0.223 e. The molecule has 21 heavy (non-hydrogen) atoms. The van der Waals surface area contributed by atoms with Gasteiger partial charge in [-0.05, 0) is 44.4 Å². The molecule has 2 aliphatic rings. The first kappa shape index (κ1) is 14.4. The molecular weight excluding hydrogens is 264 g/mol. The minimum Gasteiger partial charge on any atom is -0.468 e. The molecule has 1 aromatic heterocycles. The van der Waals surface area contributed by atoms with Gasteiger partial charge in [0.1, 0.15) is 5.76 Å². The smallest absolute Gasteiger partial charge is 0.223 e. The number of hydrogen-bond acceptors (Lipinski definition) is 3. The molecule has 3 heterocycles. The fraction of sp³-hybridized carbons (Fsp3) is 0.588. The second-order valence-corrected chi connectivity index (χ2v) is 6.26. The molecule has 0 bridgehead atoms. The largest absolute Gasteiger partial charge is 0.468 e. The van der Waals surface area contributed by atoms with Crippen LogP contribution < -0.4 is 0 Å². The van der Waals surface area contributed by atoms with Crippen molar-refractivity contribution in [3.05, 3.63) is 36.8 Å². The maximum atomic E-state index is 12.3. The summed E-state index contributed by atoms with van der Waals surface area (Å²) in [6, 6.07) is 3.96. The van der Waals surface area contributed by atoms with E-state index in [0.717, 1.165) is 51.1 Å². The molecule has 0 N–H and O–H groups in total. The first-order chi connectivity index (χ1) is 10.2. The van der Waals surface area contributed by atoms with Crippen molar-refractivity contribution in [1.82, 2.24) is 9.80 Å². The van der Waals surface area contributed by atoms with Crippen LogP contribution >= 0.6 is 0 Å². The number of hydrogen-bond donors (Lipinski definition) is 0. The van der Waals surface area contributed by atoms with Gasteiger partial charge in [-0.2, -0.15) is 0 Å². The van der Waals surface area contributed by atoms with E-state index in [1.54, 1.807) is 6.26 Å². The molecule has 1 atom stereocenters. The van der Waals surface area contributed by atoms with E-state index in [-0.39, 0.29) is 5.54 Å². The third-order valence-electron chi connectivity index (χ3n) is 4.81. The van der Waals surface area contributed by atoms with Gasteiger partial charge in [0.05, 0.1) is 18.3 Å². The van der Waals surface area contributed by atoms with Crippen molar-refractivity contribution in [3.63, 3.8) is 0 Å². The molecule has 0 aromatic carbocycles. The molecule has 114 valence electrons. The number of carbonyl (C=O) groups excluding carboxylic acids is 1. The van der Waals surface area contributed by atoms with Crippen molar-refractivity contribution >= 4 is 5.91 Å². The fourth-order valence-electron chi connectivity index (χ4n) is 3.92. The zero-order valence-electron chi connectivity index (χ0n) is 12.6. The first-order valence-corrected chi connectivity index (χ1v) is 7.90. The summed E-state index contributed by atoms with van der Waals surface area (Å²) in [4.78, 5) is 16.8. The van der Waals surface area contributed by atoms with Gasteiger partial charge in [0.15, 0.2) is 0 Å². The van der Waals surface area contributed by atoms with Crippen LogP contribution in [-0.2, 0) is 11.3 Å². The molecule has 4 heteroatoms. The van der Waals surface area contributed by atoms with E-state index in [1.165, 1.54) is 0 Å². The van der Waals surface area contributed by atoms with Crippen molar-refractivity contribution < 1.29 is 9.21 Å². The Morgan fingerprint density at radius 3 is 3.00 bits per heavy atom. The third-order valence-corrected chi connectivity index (χ3v) is 4.81. The van der Waals surface area contributed by atoms with Crippen molar-refractivity contribution in [1.29, 1.82) is 0 Å². The lowest BCUT2D eigenvalue weighted by Crippen LogP contribution is -2.62. The summed E-state index contributed by atoms with van der Waals surface area (Å²) in [7, 11) is 0. The van der Waals surface area contributed by atoms with Gasteiger partial charge in [-0.25, -0.2) is 0 Å². The Kier molecular flexibility index (Phi) is 4.15. The lowest BCUT2D eigenvalue weighted by Gasteiger charge is -2.52. The Morgan fingerprint density at radius 2 is 2.24 bits per heavy atom. The van der Waals surface area contributed by atoms with Crippen molar-refractivity contribution in [2.75, 3.05) is 19.6 Å². The predicted molar refractivity (Wildman–Crippen MR) is 81.7 cm³/mol. The Balaban J connectivity index is 1.75. The van der Waals surface area contributed by atoms with Crippen LogP contribution in [0.4, 0.5) is 0 Å². The number of furan rings is 1. The number of carbonyl (C=O) groups is 1. The van der Waals surface area contributed by atoms with E-state index in [0.29, 0.717) is 18.9 Å². The number of rotatable bonds is 4. The minimum atomic E-state index is 0.00830. The summed E-state index contributed by atoms with van der Waals surface area (Å²) < 4.78 is 5.47. The highest BCUT2D eigenvalue weighted by atomic mass is 16.3. The number of nitrogens with zero attached hydrogens (tertiary/aromatic N) is 2. The van der Waals surface area contributed by atoms with Crippen LogP contribution in [0.25, 0.3) is 0 Å². The van der Waals surface area contributed by atoms with Crippen LogP contribution in [0.5, 0.6) is 0 Å². The average molecular weight is 288 g/mol. The molecule has 1 amide bonds. The van der Waals surface area contributed by atoms with Gasteiger partial charge in [-0.3, -0.25) is 9.69 Å². The van der Waals surface area contributed by atoms with Crippen molar-refractivity contribution in [2.24, 2.45) is 0 Å². The van der Waals surface area contributed by atoms with Crippen molar-refractivity contribution in [2.45, 2.75) is 44.2 Å². The summed E-state index contributed by atoms with van der Waals surface area (Å²) >= 11 is 0. The molecule has 0 saturated carbocycles. The number of piperidine rings is 2. The van der Waals surface area contributed by atoms with Gasteiger partial charge in [0.2, 0.25) is 5.91 Å². The number of likely N-dealkylation sites (tertiary alicyclic amines) is 2. The zero-order valence-corrected chi connectivity index (χ0v) is 12.6. The van der Waals surface area contributed by atoms with Crippen LogP contribution in [0.1, 0.15) is 37.9 Å². The SMILES string of the molecule is C=CCN1C(=O)CCCC12CCCN(Cc1ccco1)C2. The molecule has 2 aliphatic heterocycles. The predicted octanol–water partition coefficient (Wildman–Crippen LogP) is 2.81. The van der Waals surface area contributed by atoms with Gasteiger partial charge in [0.25, 0.3) is 0 Å². The van der Waals surface area contributed by atoms with E-state index >= 15 is 0 Å². The molecule has 1 unspecified atom stereocenters. The molecule has 2 fully saturated rings. The van der Waals surface area contributed by atoms with Gasteiger partial charge in [0, 0.05) is 19.5 Å². The molecule has 1 spiro atoms. The molecule has 1 aromatic rings. The van der Waals surface area contributed by atoms with Crippen LogP contribution in [0.3, 0.4) is 0 Å². The maximum absolute atomic E-state index is 12.3. The second kappa shape index (κ2) is 6.06. The van der Waals surface area contributed by atoms with Gasteiger partial charge in [-0.15, -0.1) is 6.58 Å².